The first-order chi connectivity index (χ1) is 13.0. The van der Waals surface area contributed by atoms with Crippen LogP contribution >= 0.6 is 11.6 Å². The van der Waals surface area contributed by atoms with Gasteiger partial charge in [-0.1, -0.05) is 29.8 Å². The predicted molar refractivity (Wildman–Crippen MR) is 113 cm³/mol. The molecular formula is C22H21ClN4. The third-order valence-corrected chi connectivity index (χ3v) is 5.16. The van der Waals surface area contributed by atoms with E-state index in [1.165, 1.54) is 5.56 Å². The van der Waals surface area contributed by atoms with Crippen LogP contribution in [0.2, 0.25) is 5.02 Å². The summed E-state index contributed by atoms with van der Waals surface area (Å²) in [6.07, 6.45) is 0. The molecule has 4 aromatic rings. The number of anilines is 2. The van der Waals surface area contributed by atoms with Crippen molar-refractivity contribution < 1.29 is 0 Å². The van der Waals surface area contributed by atoms with Crippen molar-refractivity contribution in [2.45, 2.75) is 27.7 Å². The van der Waals surface area contributed by atoms with Gasteiger partial charge in [-0.15, -0.1) is 0 Å². The topological polar surface area (TPSA) is 42.7 Å². The standard InChI is InChI=1S/C22H21ClN4/c1-13-12-17(23)10-11-19(13)26-21-20-14(2)15(3)27(18-8-6-5-7-9-18)22(20)25-16(4)24-21/h5-12H,1-4H3,(H,24,25,26). The van der Waals surface area contributed by atoms with Crippen LogP contribution in [-0.2, 0) is 0 Å². The number of hydrogen-bond donors (Lipinski definition) is 1. The lowest BCUT2D eigenvalue weighted by Gasteiger charge is -2.12. The number of halogens is 1. The summed E-state index contributed by atoms with van der Waals surface area (Å²) in [6, 6.07) is 16.1. The molecule has 4 rings (SSSR count). The van der Waals surface area contributed by atoms with Crippen LogP contribution in [0.3, 0.4) is 0 Å². The van der Waals surface area contributed by atoms with Gasteiger partial charge >= 0.3 is 0 Å². The predicted octanol–water partition coefficient (Wildman–Crippen LogP) is 6.05. The largest absolute Gasteiger partial charge is 0.339 e. The van der Waals surface area contributed by atoms with Crippen molar-refractivity contribution in [2.24, 2.45) is 0 Å². The van der Waals surface area contributed by atoms with Crippen molar-refractivity contribution in [1.29, 1.82) is 0 Å². The first kappa shape index (κ1) is 17.6. The van der Waals surface area contributed by atoms with Crippen molar-refractivity contribution in [3.63, 3.8) is 0 Å². The lowest BCUT2D eigenvalue weighted by Crippen LogP contribution is -2.02. The SMILES string of the molecule is Cc1nc(Nc2ccc(Cl)cc2C)c2c(C)c(C)n(-c3ccccc3)c2n1. The minimum atomic E-state index is 0.726. The van der Waals surface area contributed by atoms with Crippen LogP contribution < -0.4 is 5.32 Å². The summed E-state index contributed by atoms with van der Waals surface area (Å²) in [4.78, 5) is 9.46. The summed E-state index contributed by atoms with van der Waals surface area (Å²) in [5, 5.41) is 5.26. The number of nitrogens with one attached hydrogen (secondary N) is 1. The van der Waals surface area contributed by atoms with E-state index in [1.54, 1.807) is 0 Å². The van der Waals surface area contributed by atoms with E-state index in [2.05, 4.69) is 35.9 Å². The highest BCUT2D eigenvalue weighted by Crippen LogP contribution is 2.34. The van der Waals surface area contributed by atoms with Gasteiger partial charge in [0.1, 0.15) is 11.6 Å². The van der Waals surface area contributed by atoms with E-state index in [9.17, 15) is 0 Å². The molecule has 0 radical (unpaired) electrons. The molecule has 0 amide bonds. The Bertz CT molecular complexity index is 1150. The van der Waals surface area contributed by atoms with Crippen molar-refractivity contribution >= 4 is 34.1 Å². The molecule has 0 atom stereocenters. The number of nitrogens with zero attached hydrogens (tertiary/aromatic N) is 3. The van der Waals surface area contributed by atoms with Gasteiger partial charge in [-0.05, 0) is 69.2 Å². The Morgan fingerprint density at radius 2 is 1.67 bits per heavy atom. The molecule has 2 heterocycles. The average Bonchev–Trinajstić information content (AvgIpc) is 2.89. The maximum atomic E-state index is 6.10. The van der Waals surface area contributed by atoms with Crippen LogP contribution in [0.4, 0.5) is 11.5 Å². The van der Waals surface area contributed by atoms with Gasteiger partial charge < -0.3 is 5.32 Å². The number of aryl methyl sites for hydroxylation is 3. The lowest BCUT2D eigenvalue weighted by molar-refractivity contribution is 0.995. The van der Waals surface area contributed by atoms with Crippen molar-refractivity contribution in [1.82, 2.24) is 14.5 Å². The summed E-state index contributed by atoms with van der Waals surface area (Å²) in [5.74, 6) is 1.55. The number of para-hydroxylation sites is 1. The third-order valence-electron chi connectivity index (χ3n) is 4.92. The second kappa shape index (κ2) is 6.71. The normalized spacial score (nSPS) is 11.1. The second-order valence-electron chi connectivity index (χ2n) is 6.78. The molecule has 0 aliphatic heterocycles. The Morgan fingerprint density at radius 3 is 2.37 bits per heavy atom. The molecular weight excluding hydrogens is 356 g/mol. The molecule has 0 unspecified atom stereocenters. The fourth-order valence-corrected chi connectivity index (χ4v) is 3.68. The molecule has 4 nitrogen and oxygen atoms in total. The molecule has 27 heavy (non-hydrogen) atoms. The Labute approximate surface area is 163 Å². The Balaban J connectivity index is 1.95. The van der Waals surface area contributed by atoms with Gasteiger partial charge in [0.15, 0.2) is 5.65 Å². The van der Waals surface area contributed by atoms with E-state index in [0.29, 0.717) is 0 Å². The van der Waals surface area contributed by atoms with Gasteiger partial charge in [0.2, 0.25) is 0 Å². The van der Waals surface area contributed by atoms with E-state index >= 15 is 0 Å². The molecule has 2 aromatic heterocycles. The lowest BCUT2D eigenvalue weighted by atomic mass is 10.1. The summed E-state index contributed by atoms with van der Waals surface area (Å²) < 4.78 is 2.19. The van der Waals surface area contributed by atoms with Gasteiger partial charge in [-0.2, -0.15) is 0 Å². The molecule has 0 saturated heterocycles. The van der Waals surface area contributed by atoms with Gasteiger partial charge in [0.25, 0.3) is 0 Å². The van der Waals surface area contributed by atoms with Crippen LogP contribution in [0.25, 0.3) is 16.7 Å². The highest BCUT2D eigenvalue weighted by atomic mass is 35.5. The Hall–Kier alpha value is -2.85. The molecule has 136 valence electrons. The maximum Gasteiger partial charge on any atom is 0.150 e. The average molecular weight is 377 g/mol. The fourth-order valence-electron chi connectivity index (χ4n) is 3.45. The quantitative estimate of drug-likeness (QED) is 0.473. The summed E-state index contributed by atoms with van der Waals surface area (Å²) in [7, 11) is 0. The molecule has 0 fully saturated rings. The third kappa shape index (κ3) is 3.06. The number of hydrogen-bond acceptors (Lipinski definition) is 3. The molecule has 2 aromatic carbocycles. The molecule has 0 aliphatic carbocycles. The summed E-state index contributed by atoms with van der Waals surface area (Å²) in [6.45, 7) is 8.20. The summed E-state index contributed by atoms with van der Waals surface area (Å²) in [5.41, 5.74) is 6.40. The Kier molecular flexibility index (Phi) is 4.36. The zero-order chi connectivity index (χ0) is 19.1. The van der Waals surface area contributed by atoms with Crippen molar-refractivity contribution in [3.8, 4) is 5.69 Å². The van der Waals surface area contributed by atoms with Gasteiger partial charge in [0.05, 0.1) is 5.39 Å². The highest BCUT2D eigenvalue weighted by molar-refractivity contribution is 6.30. The molecule has 0 spiro atoms. The Morgan fingerprint density at radius 1 is 0.926 bits per heavy atom. The van der Waals surface area contributed by atoms with Crippen LogP contribution in [0, 0.1) is 27.7 Å². The fraction of sp³-hybridized carbons (Fsp3) is 0.182. The van der Waals surface area contributed by atoms with Crippen molar-refractivity contribution in [3.05, 3.63) is 76.2 Å². The molecule has 0 saturated carbocycles. The zero-order valence-electron chi connectivity index (χ0n) is 15.8. The zero-order valence-corrected chi connectivity index (χ0v) is 16.6. The first-order valence-electron chi connectivity index (χ1n) is 8.90. The number of rotatable bonds is 3. The summed E-state index contributed by atoms with van der Waals surface area (Å²) >= 11 is 6.10. The second-order valence-corrected chi connectivity index (χ2v) is 7.22. The van der Waals surface area contributed by atoms with Gasteiger partial charge in [-0.25, -0.2) is 9.97 Å². The molecule has 0 bridgehead atoms. The van der Waals surface area contributed by atoms with E-state index in [0.717, 1.165) is 50.3 Å². The minimum Gasteiger partial charge on any atom is -0.339 e. The molecule has 0 aliphatic rings. The van der Waals surface area contributed by atoms with Crippen LogP contribution in [0.5, 0.6) is 0 Å². The van der Waals surface area contributed by atoms with Crippen molar-refractivity contribution in [2.75, 3.05) is 5.32 Å². The van der Waals surface area contributed by atoms with Crippen LogP contribution in [0.1, 0.15) is 22.6 Å². The minimum absolute atomic E-state index is 0.726. The number of benzene rings is 2. The first-order valence-corrected chi connectivity index (χ1v) is 9.28. The smallest absolute Gasteiger partial charge is 0.150 e. The number of fused-ring (bicyclic) bond motifs is 1. The maximum absolute atomic E-state index is 6.10. The monoisotopic (exact) mass is 376 g/mol. The van der Waals surface area contributed by atoms with Crippen LogP contribution in [-0.4, -0.2) is 14.5 Å². The van der Waals surface area contributed by atoms with E-state index in [-0.39, 0.29) is 0 Å². The van der Waals surface area contributed by atoms with Crippen LogP contribution in [0.15, 0.2) is 48.5 Å². The molecule has 1 N–H and O–H groups in total. The van der Waals surface area contributed by atoms with E-state index < -0.39 is 0 Å². The van der Waals surface area contributed by atoms with E-state index in [1.807, 2.05) is 50.2 Å². The van der Waals surface area contributed by atoms with Gasteiger partial charge in [-0.3, -0.25) is 4.57 Å². The van der Waals surface area contributed by atoms with E-state index in [4.69, 9.17) is 21.6 Å². The highest BCUT2D eigenvalue weighted by Gasteiger charge is 2.19. The number of aromatic nitrogens is 3. The van der Waals surface area contributed by atoms with Gasteiger partial charge in [0, 0.05) is 22.1 Å². The molecule has 5 heteroatoms.